The molecule has 0 saturated heterocycles. The number of carbonyl (C=O) groups excluding carboxylic acids is 1. The second kappa shape index (κ2) is 9.64. The minimum Gasteiger partial charge on any atom is -0.496 e. The second-order valence-electron chi connectivity index (χ2n) is 5.91. The fraction of sp³-hybridized carbons (Fsp3) is 0.286. The second-order valence-corrected chi connectivity index (χ2v) is 5.91. The van der Waals surface area contributed by atoms with Crippen molar-refractivity contribution in [3.8, 4) is 23.0 Å². The molecular formula is C21H24FNO5. The number of hydrogen-bond acceptors (Lipinski definition) is 5. The van der Waals surface area contributed by atoms with Crippen molar-refractivity contribution >= 4 is 12.0 Å². The Morgan fingerprint density at radius 3 is 2.11 bits per heavy atom. The monoisotopic (exact) mass is 389 g/mol. The molecule has 1 amide bonds. The summed E-state index contributed by atoms with van der Waals surface area (Å²) < 4.78 is 34.6. The van der Waals surface area contributed by atoms with E-state index < -0.39 is 5.82 Å². The number of benzene rings is 2. The molecule has 7 heteroatoms. The van der Waals surface area contributed by atoms with Crippen molar-refractivity contribution in [1.29, 1.82) is 0 Å². The lowest BCUT2D eigenvalue weighted by Crippen LogP contribution is -2.24. The molecule has 2 aromatic carbocycles. The van der Waals surface area contributed by atoms with Gasteiger partial charge in [-0.1, -0.05) is 6.07 Å². The van der Waals surface area contributed by atoms with Gasteiger partial charge in [0.1, 0.15) is 5.75 Å². The van der Waals surface area contributed by atoms with Gasteiger partial charge >= 0.3 is 0 Å². The predicted molar refractivity (Wildman–Crippen MR) is 105 cm³/mol. The number of ether oxygens (including phenoxy) is 4. The average Bonchev–Trinajstić information content (AvgIpc) is 2.71. The lowest BCUT2D eigenvalue weighted by atomic mass is 10.1. The van der Waals surface area contributed by atoms with Gasteiger partial charge in [-0.15, -0.1) is 0 Å². The standard InChI is InChI=1S/C21H24FNO5/c1-13(14-6-8-17(25-2)16(22)10-14)23-21(24)9-7-15-11-19(27-4)20(28-5)12-18(15)26-3/h6-13H,1-5H3,(H,23,24)/b9-7+/t13-/m1/s1. The molecule has 0 spiro atoms. The number of rotatable bonds is 8. The summed E-state index contributed by atoms with van der Waals surface area (Å²) in [6.07, 6.45) is 2.98. The third-order valence-electron chi connectivity index (χ3n) is 4.18. The average molecular weight is 389 g/mol. The fourth-order valence-electron chi connectivity index (χ4n) is 2.65. The Balaban J connectivity index is 2.14. The smallest absolute Gasteiger partial charge is 0.244 e. The number of methoxy groups -OCH3 is 4. The van der Waals surface area contributed by atoms with Gasteiger partial charge in [-0.25, -0.2) is 4.39 Å². The summed E-state index contributed by atoms with van der Waals surface area (Å²) in [4.78, 5) is 12.3. The highest BCUT2D eigenvalue weighted by atomic mass is 19.1. The zero-order valence-electron chi connectivity index (χ0n) is 16.5. The van der Waals surface area contributed by atoms with Crippen LogP contribution < -0.4 is 24.3 Å². The number of halogens is 1. The Morgan fingerprint density at radius 2 is 1.54 bits per heavy atom. The summed E-state index contributed by atoms with van der Waals surface area (Å²) >= 11 is 0. The number of hydrogen-bond donors (Lipinski definition) is 1. The van der Waals surface area contributed by atoms with Crippen LogP contribution in [0.4, 0.5) is 4.39 Å². The summed E-state index contributed by atoms with van der Waals surface area (Å²) in [7, 11) is 5.99. The molecule has 0 radical (unpaired) electrons. The van der Waals surface area contributed by atoms with E-state index in [1.165, 1.54) is 46.6 Å². The largest absolute Gasteiger partial charge is 0.496 e. The topological polar surface area (TPSA) is 66.0 Å². The molecule has 0 fully saturated rings. The summed E-state index contributed by atoms with van der Waals surface area (Å²) in [5.41, 5.74) is 1.28. The van der Waals surface area contributed by atoms with Crippen molar-refractivity contribution in [2.75, 3.05) is 28.4 Å². The molecule has 1 atom stereocenters. The number of amides is 1. The molecule has 150 valence electrons. The van der Waals surface area contributed by atoms with E-state index in [-0.39, 0.29) is 17.7 Å². The first kappa shape index (κ1) is 21.1. The number of nitrogens with one attached hydrogen (secondary N) is 1. The van der Waals surface area contributed by atoms with E-state index in [1.807, 2.05) is 0 Å². The van der Waals surface area contributed by atoms with E-state index in [1.54, 1.807) is 31.2 Å². The van der Waals surface area contributed by atoms with Crippen molar-refractivity contribution < 1.29 is 28.1 Å². The maximum atomic E-state index is 13.8. The van der Waals surface area contributed by atoms with Crippen molar-refractivity contribution in [3.05, 3.63) is 53.4 Å². The van der Waals surface area contributed by atoms with Gasteiger partial charge in [-0.2, -0.15) is 0 Å². The first-order valence-electron chi connectivity index (χ1n) is 8.55. The van der Waals surface area contributed by atoms with Crippen LogP contribution in [0.2, 0.25) is 0 Å². The summed E-state index contributed by atoms with van der Waals surface area (Å²) in [5.74, 6) is 0.920. The van der Waals surface area contributed by atoms with Gasteiger partial charge in [0.05, 0.1) is 34.5 Å². The van der Waals surface area contributed by atoms with Gasteiger partial charge in [0.15, 0.2) is 23.1 Å². The molecule has 28 heavy (non-hydrogen) atoms. The van der Waals surface area contributed by atoms with Crippen LogP contribution in [-0.4, -0.2) is 34.3 Å². The minimum atomic E-state index is -0.480. The summed E-state index contributed by atoms with van der Waals surface area (Å²) in [5, 5.41) is 2.79. The Hall–Kier alpha value is -3.22. The van der Waals surface area contributed by atoms with E-state index in [0.717, 1.165) is 0 Å². The molecule has 0 aliphatic rings. The van der Waals surface area contributed by atoms with Crippen LogP contribution >= 0.6 is 0 Å². The van der Waals surface area contributed by atoms with E-state index in [9.17, 15) is 9.18 Å². The van der Waals surface area contributed by atoms with Crippen LogP contribution in [0.3, 0.4) is 0 Å². The Bertz CT molecular complexity index is 866. The van der Waals surface area contributed by atoms with Gasteiger partial charge in [0.2, 0.25) is 5.91 Å². The van der Waals surface area contributed by atoms with Gasteiger partial charge in [0, 0.05) is 17.7 Å². The number of carbonyl (C=O) groups is 1. The zero-order chi connectivity index (χ0) is 20.7. The van der Waals surface area contributed by atoms with Crippen molar-refractivity contribution in [3.63, 3.8) is 0 Å². The highest BCUT2D eigenvalue weighted by Gasteiger charge is 2.13. The third kappa shape index (κ3) is 4.94. The Kier molecular flexibility index (Phi) is 7.26. The van der Waals surface area contributed by atoms with Crippen LogP contribution in [0.1, 0.15) is 24.1 Å². The SMILES string of the molecule is COc1ccc([C@@H](C)NC(=O)/C=C/c2cc(OC)c(OC)cc2OC)cc1F. The van der Waals surface area contributed by atoms with Gasteiger partial charge < -0.3 is 24.3 Å². The zero-order valence-corrected chi connectivity index (χ0v) is 16.5. The molecule has 0 aromatic heterocycles. The Labute approximate surface area is 163 Å². The molecule has 0 bridgehead atoms. The van der Waals surface area contributed by atoms with E-state index in [4.69, 9.17) is 18.9 Å². The van der Waals surface area contributed by atoms with Crippen LogP contribution in [0.25, 0.3) is 6.08 Å². The van der Waals surface area contributed by atoms with Gasteiger partial charge in [-0.05, 0) is 36.8 Å². The van der Waals surface area contributed by atoms with Gasteiger partial charge in [0.25, 0.3) is 0 Å². The molecule has 6 nitrogen and oxygen atoms in total. The molecule has 0 aliphatic heterocycles. The highest BCUT2D eigenvalue weighted by Crippen LogP contribution is 2.35. The molecule has 2 rings (SSSR count). The van der Waals surface area contributed by atoms with Crippen LogP contribution in [0.15, 0.2) is 36.4 Å². The lowest BCUT2D eigenvalue weighted by molar-refractivity contribution is -0.117. The first-order chi connectivity index (χ1) is 13.4. The maximum Gasteiger partial charge on any atom is 0.244 e. The molecule has 0 heterocycles. The van der Waals surface area contributed by atoms with Crippen LogP contribution in [0.5, 0.6) is 23.0 Å². The molecule has 0 saturated carbocycles. The van der Waals surface area contributed by atoms with E-state index in [2.05, 4.69) is 5.32 Å². The molecule has 1 N–H and O–H groups in total. The lowest BCUT2D eigenvalue weighted by Gasteiger charge is -2.14. The predicted octanol–water partition coefficient (Wildman–Crippen LogP) is 3.75. The fourth-order valence-corrected chi connectivity index (χ4v) is 2.65. The Morgan fingerprint density at radius 1 is 0.929 bits per heavy atom. The molecule has 0 aliphatic carbocycles. The van der Waals surface area contributed by atoms with Crippen LogP contribution in [0, 0.1) is 5.82 Å². The third-order valence-corrected chi connectivity index (χ3v) is 4.18. The van der Waals surface area contributed by atoms with E-state index in [0.29, 0.717) is 28.4 Å². The summed E-state index contributed by atoms with van der Waals surface area (Å²) in [6, 6.07) is 7.57. The maximum absolute atomic E-state index is 13.8. The quantitative estimate of drug-likeness (QED) is 0.697. The minimum absolute atomic E-state index is 0.155. The van der Waals surface area contributed by atoms with Crippen molar-refractivity contribution in [2.24, 2.45) is 0 Å². The normalized spacial score (nSPS) is 11.8. The van der Waals surface area contributed by atoms with E-state index >= 15 is 0 Å². The molecular weight excluding hydrogens is 365 g/mol. The summed E-state index contributed by atoms with van der Waals surface area (Å²) in [6.45, 7) is 1.77. The molecule has 0 unspecified atom stereocenters. The molecule has 2 aromatic rings. The first-order valence-corrected chi connectivity index (χ1v) is 8.55. The van der Waals surface area contributed by atoms with Gasteiger partial charge in [-0.3, -0.25) is 4.79 Å². The van der Waals surface area contributed by atoms with Crippen molar-refractivity contribution in [1.82, 2.24) is 5.32 Å². The highest BCUT2D eigenvalue weighted by molar-refractivity contribution is 5.92. The van der Waals surface area contributed by atoms with Crippen molar-refractivity contribution in [2.45, 2.75) is 13.0 Å². The van der Waals surface area contributed by atoms with Crippen LogP contribution in [-0.2, 0) is 4.79 Å².